The monoisotopic (exact) mass is 301 g/mol. The van der Waals surface area contributed by atoms with Crippen molar-refractivity contribution >= 4 is 11.8 Å². The number of nitrogens with zero attached hydrogens (tertiary/aromatic N) is 1. The number of piperidine rings is 1. The highest BCUT2D eigenvalue weighted by Crippen LogP contribution is 2.56. The van der Waals surface area contributed by atoms with E-state index in [4.69, 9.17) is 0 Å². The van der Waals surface area contributed by atoms with Gasteiger partial charge < -0.3 is 15.2 Å². The molecule has 6 nitrogen and oxygen atoms in total. The number of carbonyl (C=O) groups is 2. The van der Waals surface area contributed by atoms with E-state index in [0.29, 0.717) is 12.1 Å². The van der Waals surface area contributed by atoms with Gasteiger partial charge in [0, 0.05) is 30.4 Å². The number of fused-ring (bicyclic) bond motifs is 1. The third-order valence-electron chi connectivity index (χ3n) is 5.36. The fourth-order valence-corrected chi connectivity index (χ4v) is 3.75. The first kappa shape index (κ1) is 13.5. The van der Waals surface area contributed by atoms with Gasteiger partial charge in [0.25, 0.3) is 5.91 Å². The van der Waals surface area contributed by atoms with E-state index in [1.165, 1.54) is 12.3 Å². The molecule has 3 aliphatic rings. The lowest BCUT2D eigenvalue weighted by atomic mass is 9.92. The Morgan fingerprint density at radius 1 is 1.32 bits per heavy atom. The van der Waals surface area contributed by atoms with Crippen molar-refractivity contribution in [3.05, 3.63) is 34.2 Å². The smallest absolute Gasteiger partial charge is 0.255 e. The maximum Gasteiger partial charge on any atom is 0.255 e. The predicted molar refractivity (Wildman–Crippen MR) is 79.3 cm³/mol. The molecule has 22 heavy (non-hydrogen) atoms. The van der Waals surface area contributed by atoms with Crippen molar-refractivity contribution in [2.24, 2.45) is 5.92 Å². The number of pyridine rings is 1. The van der Waals surface area contributed by atoms with Crippen LogP contribution in [0.25, 0.3) is 0 Å². The lowest BCUT2D eigenvalue weighted by molar-refractivity contribution is -0.128. The van der Waals surface area contributed by atoms with Crippen molar-refractivity contribution in [2.45, 2.75) is 43.7 Å². The van der Waals surface area contributed by atoms with Gasteiger partial charge in [0.2, 0.25) is 11.5 Å². The molecule has 6 heteroatoms. The predicted octanol–water partition coefficient (Wildman–Crippen LogP) is 0.648. The topological polar surface area (TPSA) is 82.3 Å². The van der Waals surface area contributed by atoms with Crippen molar-refractivity contribution in [3.8, 4) is 0 Å². The Morgan fingerprint density at radius 2 is 2.14 bits per heavy atom. The molecular weight excluding hydrogens is 282 g/mol. The first-order valence-corrected chi connectivity index (χ1v) is 7.93. The zero-order chi connectivity index (χ0) is 15.3. The minimum atomic E-state index is -0.657. The van der Waals surface area contributed by atoms with Gasteiger partial charge in [0.05, 0.1) is 0 Å². The summed E-state index contributed by atoms with van der Waals surface area (Å²) in [4.78, 5) is 40.9. The lowest BCUT2D eigenvalue weighted by Gasteiger charge is -2.32. The molecule has 0 aromatic carbocycles. The zero-order valence-corrected chi connectivity index (χ0v) is 12.3. The van der Waals surface area contributed by atoms with Crippen LogP contribution in [0.5, 0.6) is 0 Å². The largest absolute Gasteiger partial charge is 0.351 e. The van der Waals surface area contributed by atoms with Crippen LogP contribution in [0.4, 0.5) is 0 Å². The Bertz CT molecular complexity index is 694. The summed E-state index contributed by atoms with van der Waals surface area (Å²) >= 11 is 0. The standard InChI is InChI=1S/C16H19N3O3/c20-13-8-10(4-6-17-13)14(21)19-7-5-11-9-16(11,19)15(22)18-12-2-1-3-12/h4,6,8,11-12H,1-3,5,7,9H2,(H,17,20)(H,18,22). The summed E-state index contributed by atoms with van der Waals surface area (Å²) in [6, 6.07) is 3.17. The quantitative estimate of drug-likeness (QED) is 0.860. The number of carbonyl (C=O) groups excluding carboxylic acids is 2. The maximum absolute atomic E-state index is 12.7. The summed E-state index contributed by atoms with van der Waals surface area (Å²) in [5.41, 5.74) is -0.604. The molecule has 0 bridgehead atoms. The number of hydrogen-bond donors (Lipinski definition) is 2. The van der Waals surface area contributed by atoms with Gasteiger partial charge in [-0.15, -0.1) is 0 Å². The van der Waals surface area contributed by atoms with E-state index in [0.717, 1.165) is 32.1 Å². The van der Waals surface area contributed by atoms with Gasteiger partial charge in [-0.25, -0.2) is 0 Å². The van der Waals surface area contributed by atoms with E-state index in [1.807, 2.05) is 0 Å². The minimum absolute atomic E-state index is 0.00195. The van der Waals surface area contributed by atoms with Gasteiger partial charge in [-0.2, -0.15) is 0 Å². The molecule has 2 unspecified atom stereocenters. The number of H-pyrrole nitrogens is 1. The second kappa shape index (κ2) is 4.69. The van der Waals surface area contributed by atoms with Crippen LogP contribution in [0.3, 0.4) is 0 Å². The molecule has 2 amide bonds. The molecule has 2 N–H and O–H groups in total. The Kier molecular flexibility index (Phi) is 2.89. The summed E-state index contributed by atoms with van der Waals surface area (Å²) in [5.74, 6) is 0.0614. The fourth-order valence-electron chi connectivity index (χ4n) is 3.75. The minimum Gasteiger partial charge on any atom is -0.351 e. The lowest BCUT2D eigenvalue weighted by Crippen LogP contribution is -2.53. The van der Waals surface area contributed by atoms with Crippen LogP contribution >= 0.6 is 0 Å². The highest BCUT2D eigenvalue weighted by molar-refractivity contribution is 6.01. The molecule has 1 saturated heterocycles. The van der Waals surface area contributed by atoms with Crippen LogP contribution < -0.4 is 10.9 Å². The summed E-state index contributed by atoms with van der Waals surface area (Å²) in [5, 5.41) is 3.09. The number of nitrogens with one attached hydrogen (secondary N) is 2. The molecular formula is C16H19N3O3. The van der Waals surface area contributed by atoms with Crippen LogP contribution in [0, 0.1) is 5.92 Å². The van der Waals surface area contributed by atoms with Gasteiger partial charge in [-0.1, -0.05) is 0 Å². The van der Waals surface area contributed by atoms with E-state index in [9.17, 15) is 14.4 Å². The van der Waals surface area contributed by atoms with E-state index >= 15 is 0 Å². The normalized spacial score (nSPS) is 29.6. The molecule has 2 heterocycles. The average Bonchev–Trinajstić information content (AvgIpc) is 3.08. The van der Waals surface area contributed by atoms with E-state index in [-0.39, 0.29) is 29.3 Å². The van der Waals surface area contributed by atoms with Gasteiger partial charge >= 0.3 is 0 Å². The van der Waals surface area contributed by atoms with Crippen LogP contribution in [-0.4, -0.2) is 39.8 Å². The SMILES string of the molecule is O=C(c1cc[nH]c(=O)c1)N1CCC2CC21C(=O)NC1CCC1. The number of aromatic amines is 1. The van der Waals surface area contributed by atoms with Gasteiger partial charge in [0.1, 0.15) is 5.54 Å². The van der Waals surface area contributed by atoms with E-state index in [1.54, 1.807) is 11.0 Å². The summed E-state index contributed by atoms with van der Waals surface area (Å²) in [7, 11) is 0. The first-order valence-electron chi connectivity index (χ1n) is 7.93. The van der Waals surface area contributed by atoms with Gasteiger partial charge in [0.15, 0.2) is 0 Å². The number of amides is 2. The molecule has 2 aliphatic carbocycles. The Balaban J connectivity index is 1.57. The van der Waals surface area contributed by atoms with Crippen molar-refractivity contribution in [1.82, 2.24) is 15.2 Å². The average molecular weight is 301 g/mol. The number of rotatable bonds is 3. The van der Waals surface area contributed by atoms with Crippen LogP contribution in [0.1, 0.15) is 42.5 Å². The van der Waals surface area contributed by atoms with Crippen molar-refractivity contribution < 1.29 is 9.59 Å². The van der Waals surface area contributed by atoms with E-state index in [2.05, 4.69) is 10.3 Å². The third kappa shape index (κ3) is 1.90. The van der Waals surface area contributed by atoms with Crippen LogP contribution in [-0.2, 0) is 4.79 Å². The molecule has 4 rings (SSSR count). The maximum atomic E-state index is 12.7. The molecule has 0 spiro atoms. The molecule has 1 aromatic rings. The zero-order valence-electron chi connectivity index (χ0n) is 12.3. The van der Waals surface area contributed by atoms with Crippen LogP contribution in [0.2, 0.25) is 0 Å². The Morgan fingerprint density at radius 3 is 2.77 bits per heavy atom. The molecule has 0 radical (unpaired) electrons. The first-order chi connectivity index (χ1) is 10.6. The molecule has 3 fully saturated rings. The molecule has 116 valence electrons. The molecule has 1 aromatic heterocycles. The van der Waals surface area contributed by atoms with E-state index < -0.39 is 5.54 Å². The van der Waals surface area contributed by atoms with Gasteiger partial charge in [-0.05, 0) is 44.1 Å². The molecule has 2 saturated carbocycles. The van der Waals surface area contributed by atoms with Crippen molar-refractivity contribution in [3.63, 3.8) is 0 Å². The second-order valence-electron chi connectivity index (χ2n) is 6.61. The van der Waals surface area contributed by atoms with Crippen molar-refractivity contribution in [2.75, 3.05) is 6.54 Å². The fraction of sp³-hybridized carbons (Fsp3) is 0.562. The third-order valence-corrected chi connectivity index (χ3v) is 5.36. The number of hydrogen-bond acceptors (Lipinski definition) is 3. The van der Waals surface area contributed by atoms with Crippen LogP contribution in [0.15, 0.2) is 23.1 Å². The Labute approximate surface area is 127 Å². The number of aromatic nitrogens is 1. The highest BCUT2D eigenvalue weighted by Gasteiger charge is 2.68. The molecule has 1 aliphatic heterocycles. The van der Waals surface area contributed by atoms with Crippen molar-refractivity contribution in [1.29, 1.82) is 0 Å². The second-order valence-corrected chi connectivity index (χ2v) is 6.61. The summed E-state index contributed by atoms with van der Waals surface area (Å²) < 4.78 is 0. The number of likely N-dealkylation sites (tertiary alicyclic amines) is 1. The summed E-state index contributed by atoms with van der Waals surface area (Å²) in [6.07, 6.45) is 6.32. The summed E-state index contributed by atoms with van der Waals surface area (Å²) in [6.45, 7) is 0.592. The Hall–Kier alpha value is -2.11. The van der Waals surface area contributed by atoms with Gasteiger partial charge in [-0.3, -0.25) is 14.4 Å². The highest BCUT2D eigenvalue weighted by atomic mass is 16.2. The molecule has 2 atom stereocenters.